The molecule has 3 rings (SSSR count). The molecule has 2 aromatic heterocycles. The Kier molecular flexibility index (Phi) is 2.85. The van der Waals surface area contributed by atoms with Crippen LogP contribution in [0.4, 0.5) is 0 Å². The fourth-order valence-electron chi connectivity index (χ4n) is 2.67. The summed E-state index contributed by atoms with van der Waals surface area (Å²) < 4.78 is 2.23. The SMILES string of the molecule is Cc1cccn2c(CCN3CCCC3)ncc12. The van der Waals surface area contributed by atoms with Crippen molar-refractivity contribution in [2.45, 2.75) is 26.2 Å². The smallest absolute Gasteiger partial charge is 0.114 e. The monoisotopic (exact) mass is 229 g/mol. The molecule has 0 aromatic carbocycles. The molecule has 3 heterocycles. The topological polar surface area (TPSA) is 20.5 Å². The number of likely N-dealkylation sites (tertiary alicyclic amines) is 1. The van der Waals surface area contributed by atoms with Crippen molar-refractivity contribution in [2.24, 2.45) is 0 Å². The van der Waals surface area contributed by atoms with Crippen molar-refractivity contribution in [2.75, 3.05) is 19.6 Å². The van der Waals surface area contributed by atoms with E-state index >= 15 is 0 Å². The van der Waals surface area contributed by atoms with E-state index in [1.54, 1.807) is 0 Å². The van der Waals surface area contributed by atoms with Crippen LogP contribution >= 0.6 is 0 Å². The fraction of sp³-hybridized carbons (Fsp3) is 0.500. The first kappa shape index (κ1) is 10.8. The van der Waals surface area contributed by atoms with Crippen molar-refractivity contribution in [1.29, 1.82) is 0 Å². The zero-order chi connectivity index (χ0) is 11.7. The van der Waals surface area contributed by atoms with Crippen LogP contribution in [0.15, 0.2) is 24.5 Å². The van der Waals surface area contributed by atoms with E-state index in [9.17, 15) is 0 Å². The van der Waals surface area contributed by atoms with Crippen molar-refractivity contribution >= 4 is 5.52 Å². The van der Waals surface area contributed by atoms with Gasteiger partial charge in [0.25, 0.3) is 0 Å². The summed E-state index contributed by atoms with van der Waals surface area (Å²) in [5, 5.41) is 0. The van der Waals surface area contributed by atoms with Gasteiger partial charge >= 0.3 is 0 Å². The van der Waals surface area contributed by atoms with Gasteiger partial charge in [-0.15, -0.1) is 0 Å². The molecule has 0 atom stereocenters. The Morgan fingerprint density at radius 3 is 2.94 bits per heavy atom. The van der Waals surface area contributed by atoms with Gasteiger partial charge in [0.1, 0.15) is 5.82 Å². The van der Waals surface area contributed by atoms with Gasteiger partial charge in [-0.05, 0) is 44.5 Å². The van der Waals surface area contributed by atoms with E-state index in [2.05, 4.69) is 39.5 Å². The van der Waals surface area contributed by atoms with Gasteiger partial charge in [0.15, 0.2) is 0 Å². The lowest BCUT2D eigenvalue weighted by Gasteiger charge is -2.13. The van der Waals surface area contributed by atoms with Gasteiger partial charge in [0, 0.05) is 19.2 Å². The van der Waals surface area contributed by atoms with Gasteiger partial charge in [-0.3, -0.25) is 0 Å². The lowest BCUT2D eigenvalue weighted by molar-refractivity contribution is 0.340. The predicted octanol–water partition coefficient (Wildman–Crippen LogP) is 2.28. The Hall–Kier alpha value is -1.35. The number of aryl methyl sites for hydroxylation is 1. The number of imidazole rings is 1. The third kappa shape index (κ3) is 2.07. The predicted molar refractivity (Wildman–Crippen MR) is 69.3 cm³/mol. The average molecular weight is 229 g/mol. The van der Waals surface area contributed by atoms with Gasteiger partial charge in [0.2, 0.25) is 0 Å². The van der Waals surface area contributed by atoms with E-state index in [1.807, 2.05) is 6.20 Å². The average Bonchev–Trinajstić information content (AvgIpc) is 2.95. The van der Waals surface area contributed by atoms with Gasteiger partial charge < -0.3 is 9.30 Å². The molecule has 0 saturated carbocycles. The highest BCUT2D eigenvalue weighted by molar-refractivity contribution is 5.53. The Bertz CT molecular complexity index is 509. The summed E-state index contributed by atoms with van der Waals surface area (Å²) in [5.41, 5.74) is 2.54. The summed E-state index contributed by atoms with van der Waals surface area (Å²) >= 11 is 0. The molecular weight excluding hydrogens is 210 g/mol. The molecular formula is C14H19N3. The molecule has 0 bridgehead atoms. The minimum Gasteiger partial charge on any atom is -0.303 e. The second kappa shape index (κ2) is 4.49. The molecule has 3 nitrogen and oxygen atoms in total. The van der Waals surface area contributed by atoms with E-state index in [4.69, 9.17) is 0 Å². The van der Waals surface area contributed by atoms with E-state index in [1.165, 1.54) is 42.8 Å². The highest BCUT2D eigenvalue weighted by Crippen LogP contribution is 2.13. The Morgan fingerprint density at radius 1 is 1.29 bits per heavy atom. The number of fused-ring (bicyclic) bond motifs is 1. The van der Waals surface area contributed by atoms with Gasteiger partial charge in [-0.2, -0.15) is 0 Å². The largest absolute Gasteiger partial charge is 0.303 e. The van der Waals surface area contributed by atoms with Crippen molar-refractivity contribution in [3.05, 3.63) is 35.9 Å². The van der Waals surface area contributed by atoms with Crippen LogP contribution in [0.25, 0.3) is 5.52 Å². The lowest BCUT2D eigenvalue weighted by Crippen LogP contribution is -2.22. The zero-order valence-electron chi connectivity index (χ0n) is 10.4. The highest BCUT2D eigenvalue weighted by atomic mass is 15.1. The molecule has 0 spiro atoms. The number of hydrogen-bond acceptors (Lipinski definition) is 2. The molecule has 1 saturated heterocycles. The van der Waals surface area contributed by atoms with E-state index in [0.29, 0.717) is 0 Å². The minimum absolute atomic E-state index is 1.05. The maximum Gasteiger partial charge on any atom is 0.114 e. The minimum atomic E-state index is 1.05. The molecule has 1 aliphatic rings. The Balaban J connectivity index is 1.78. The maximum absolute atomic E-state index is 4.55. The van der Waals surface area contributed by atoms with Crippen molar-refractivity contribution in [3.63, 3.8) is 0 Å². The molecule has 17 heavy (non-hydrogen) atoms. The maximum atomic E-state index is 4.55. The molecule has 3 heteroatoms. The van der Waals surface area contributed by atoms with Crippen LogP contribution in [-0.4, -0.2) is 33.9 Å². The molecule has 90 valence electrons. The highest BCUT2D eigenvalue weighted by Gasteiger charge is 2.12. The molecule has 0 unspecified atom stereocenters. The molecule has 1 fully saturated rings. The number of rotatable bonds is 3. The van der Waals surface area contributed by atoms with E-state index in [-0.39, 0.29) is 0 Å². The first-order chi connectivity index (χ1) is 8.34. The molecule has 2 aromatic rings. The Labute approximate surface area is 102 Å². The van der Waals surface area contributed by atoms with Crippen LogP contribution in [0.5, 0.6) is 0 Å². The van der Waals surface area contributed by atoms with Crippen LogP contribution < -0.4 is 0 Å². The van der Waals surface area contributed by atoms with Crippen LogP contribution in [0.3, 0.4) is 0 Å². The lowest BCUT2D eigenvalue weighted by atomic mass is 10.2. The van der Waals surface area contributed by atoms with Gasteiger partial charge in [0.05, 0.1) is 11.7 Å². The number of hydrogen-bond donors (Lipinski definition) is 0. The summed E-state index contributed by atoms with van der Waals surface area (Å²) in [6.45, 7) is 5.82. The quantitative estimate of drug-likeness (QED) is 0.805. The number of pyridine rings is 1. The van der Waals surface area contributed by atoms with Crippen LogP contribution in [-0.2, 0) is 6.42 Å². The molecule has 0 amide bonds. The van der Waals surface area contributed by atoms with Gasteiger partial charge in [-0.25, -0.2) is 4.98 Å². The van der Waals surface area contributed by atoms with Gasteiger partial charge in [-0.1, -0.05) is 6.07 Å². The van der Waals surface area contributed by atoms with Crippen molar-refractivity contribution in [3.8, 4) is 0 Å². The summed E-state index contributed by atoms with van der Waals surface area (Å²) in [4.78, 5) is 7.09. The third-order valence-corrected chi connectivity index (χ3v) is 3.71. The van der Waals surface area contributed by atoms with Crippen LogP contribution in [0.1, 0.15) is 24.2 Å². The van der Waals surface area contributed by atoms with Crippen molar-refractivity contribution < 1.29 is 0 Å². The standard InChI is InChI=1S/C14H19N3/c1-12-5-4-9-17-13(12)11-15-14(17)6-10-16-7-2-3-8-16/h4-5,9,11H,2-3,6-8,10H2,1H3. The third-order valence-electron chi connectivity index (χ3n) is 3.71. The summed E-state index contributed by atoms with van der Waals surface area (Å²) in [6.07, 6.45) is 7.89. The number of nitrogens with zero attached hydrogens (tertiary/aromatic N) is 3. The zero-order valence-corrected chi connectivity index (χ0v) is 10.4. The van der Waals surface area contributed by atoms with E-state index < -0.39 is 0 Å². The second-order valence-electron chi connectivity index (χ2n) is 4.92. The first-order valence-corrected chi connectivity index (χ1v) is 6.48. The number of aromatic nitrogens is 2. The summed E-state index contributed by atoms with van der Waals surface area (Å²) in [5.74, 6) is 1.19. The molecule has 0 radical (unpaired) electrons. The van der Waals surface area contributed by atoms with E-state index in [0.717, 1.165) is 13.0 Å². The summed E-state index contributed by atoms with van der Waals surface area (Å²) in [7, 11) is 0. The van der Waals surface area contributed by atoms with Crippen LogP contribution in [0, 0.1) is 6.92 Å². The second-order valence-corrected chi connectivity index (χ2v) is 4.92. The molecule has 0 aliphatic carbocycles. The molecule has 0 N–H and O–H groups in total. The fourth-order valence-corrected chi connectivity index (χ4v) is 2.67. The summed E-state index contributed by atoms with van der Waals surface area (Å²) in [6, 6.07) is 4.24. The van der Waals surface area contributed by atoms with Crippen molar-refractivity contribution in [1.82, 2.24) is 14.3 Å². The van der Waals surface area contributed by atoms with Crippen LogP contribution in [0.2, 0.25) is 0 Å². The Morgan fingerprint density at radius 2 is 2.12 bits per heavy atom. The first-order valence-electron chi connectivity index (χ1n) is 6.48. The molecule has 1 aliphatic heterocycles. The normalized spacial score (nSPS) is 17.0.